The highest BCUT2D eigenvalue weighted by Crippen LogP contribution is 2.34. The smallest absolute Gasteiger partial charge is 0.127 e. The van der Waals surface area contributed by atoms with Crippen LogP contribution in [0, 0.1) is 0 Å². The van der Waals surface area contributed by atoms with Crippen molar-refractivity contribution in [2.45, 2.75) is 47.0 Å². The molecule has 4 aromatic carbocycles. The quantitative estimate of drug-likeness (QED) is 0.297. The van der Waals surface area contributed by atoms with Crippen LogP contribution in [0.3, 0.4) is 0 Å². The fourth-order valence-electron chi connectivity index (χ4n) is 3.30. The van der Waals surface area contributed by atoms with Crippen LogP contribution in [0.5, 0.6) is 23.0 Å². The van der Waals surface area contributed by atoms with Gasteiger partial charge < -0.3 is 9.47 Å². The Morgan fingerprint density at radius 1 is 0.394 bits per heavy atom. The first-order chi connectivity index (χ1) is 16.1. The normalized spacial score (nSPS) is 10.1. The van der Waals surface area contributed by atoms with Crippen molar-refractivity contribution in [1.82, 2.24) is 0 Å². The van der Waals surface area contributed by atoms with Gasteiger partial charge in [0.25, 0.3) is 0 Å². The molecule has 33 heavy (non-hydrogen) atoms. The Bertz CT molecular complexity index is 949. The third-order valence-corrected chi connectivity index (χ3v) is 5.11. The summed E-state index contributed by atoms with van der Waals surface area (Å²) in [5.41, 5.74) is 2.33. The van der Waals surface area contributed by atoms with Crippen molar-refractivity contribution in [3.05, 3.63) is 120 Å². The molecular formula is C31H36O2. The van der Waals surface area contributed by atoms with Crippen LogP contribution in [0.1, 0.15) is 52.7 Å². The van der Waals surface area contributed by atoms with E-state index in [9.17, 15) is 0 Å². The van der Waals surface area contributed by atoms with Gasteiger partial charge in [0.2, 0.25) is 0 Å². The minimum atomic E-state index is -0.128. The topological polar surface area (TPSA) is 18.5 Å². The minimum Gasteiger partial charge on any atom is -0.457 e. The molecule has 0 atom stereocenters. The van der Waals surface area contributed by atoms with Crippen molar-refractivity contribution in [2.24, 2.45) is 0 Å². The minimum absolute atomic E-state index is 0.128. The molecule has 0 aliphatic heterocycles. The lowest BCUT2D eigenvalue weighted by atomic mass is 9.78. The van der Waals surface area contributed by atoms with Crippen LogP contribution in [0.2, 0.25) is 0 Å². The number of hydrogen-bond acceptors (Lipinski definition) is 2. The van der Waals surface area contributed by atoms with E-state index in [2.05, 4.69) is 38.1 Å². The molecule has 0 unspecified atom stereocenters. The molecule has 2 heteroatoms. The van der Waals surface area contributed by atoms with Gasteiger partial charge in [-0.05, 0) is 59.7 Å². The van der Waals surface area contributed by atoms with Crippen LogP contribution in [0.25, 0.3) is 0 Å². The van der Waals surface area contributed by atoms with Gasteiger partial charge >= 0.3 is 0 Å². The molecule has 172 valence electrons. The van der Waals surface area contributed by atoms with Crippen LogP contribution < -0.4 is 9.47 Å². The monoisotopic (exact) mass is 440 g/mol. The van der Waals surface area contributed by atoms with Crippen LogP contribution in [0.15, 0.2) is 109 Å². The summed E-state index contributed by atoms with van der Waals surface area (Å²) in [6.07, 6.45) is 0. The largest absolute Gasteiger partial charge is 0.457 e. The zero-order valence-corrected chi connectivity index (χ0v) is 20.7. The van der Waals surface area contributed by atoms with E-state index in [0.29, 0.717) is 0 Å². The van der Waals surface area contributed by atoms with Crippen LogP contribution >= 0.6 is 0 Å². The Hall–Kier alpha value is -3.52. The van der Waals surface area contributed by atoms with E-state index in [4.69, 9.17) is 9.47 Å². The molecular weight excluding hydrogens is 404 g/mol. The Morgan fingerprint density at radius 3 is 0.970 bits per heavy atom. The van der Waals surface area contributed by atoms with E-state index < -0.39 is 0 Å². The Labute approximate surface area is 199 Å². The van der Waals surface area contributed by atoms with E-state index in [1.165, 1.54) is 11.1 Å². The molecule has 0 saturated heterocycles. The van der Waals surface area contributed by atoms with Gasteiger partial charge in [-0.1, -0.05) is 102 Å². The molecule has 0 aliphatic rings. The van der Waals surface area contributed by atoms with E-state index in [1.54, 1.807) is 0 Å². The van der Waals surface area contributed by atoms with Crippen molar-refractivity contribution in [3.8, 4) is 23.0 Å². The van der Waals surface area contributed by atoms with Crippen LogP contribution in [0.4, 0.5) is 0 Å². The lowest BCUT2D eigenvalue weighted by molar-refractivity contribution is 0.481. The maximum atomic E-state index is 5.91. The Balaban J connectivity index is 0.000000914. The summed E-state index contributed by atoms with van der Waals surface area (Å²) in [5, 5.41) is 0. The number of benzene rings is 4. The van der Waals surface area contributed by atoms with Crippen molar-refractivity contribution in [1.29, 1.82) is 0 Å². The van der Waals surface area contributed by atoms with E-state index in [1.807, 2.05) is 113 Å². The van der Waals surface area contributed by atoms with Gasteiger partial charge in [-0.2, -0.15) is 0 Å². The molecule has 0 saturated carbocycles. The number of hydrogen-bond donors (Lipinski definition) is 0. The highest BCUT2D eigenvalue weighted by atomic mass is 16.5. The first kappa shape index (κ1) is 25.7. The molecule has 0 aromatic heterocycles. The zero-order chi connectivity index (χ0) is 24.1. The average Bonchev–Trinajstić information content (AvgIpc) is 2.88. The molecule has 0 fully saturated rings. The summed E-state index contributed by atoms with van der Waals surface area (Å²) < 4.78 is 11.8. The summed E-state index contributed by atoms with van der Waals surface area (Å²) in [6.45, 7) is 12.5. The van der Waals surface area contributed by atoms with E-state index in [0.717, 1.165) is 23.0 Å². The van der Waals surface area contributed by atoms with E-state index in [-0.39, 0.29) is 5.41 Å². The van der Waals surface area contributed by atoms with Gasteiger partial charge in [0, 0.05) is 5.41 Å². The molecule has 0 aliphatic carbocycles. The maximum Gasteiger partial charge on any atom is 0.127 e. The van der Waals surface area contributed by atoms with Crippen molar-refractivity contribution in [3.63, 3.8) is 0 Å². The van der Waals surface area contributed by atoms with Crippen LogP contribution in [-0.2, 0) is 5.41 Å². The van der Waals surface area contributed by atoms with Gasteiger partial charge in [-0.25, -0.2) is 0 Å². The zero-order valence-electron chi connectivity index (χ0n) is 20.7. The third-order valence-electron chi connectivity index (χ3n) is 5.11. The second kappa shape index (κ2) is 13.1. The lowest BCUT2D eigenvalue weighted by Crippen LogP contribution is -2.18. The molecule has 4 aromatic rings. The standard InChI is InChI=1S/C27H24O2.2C2H6/c1-27(2,21-13-17-25(18-14-21)28-23-9-5-3-6-10-23)22-15-19-26(20-16-22)29-24-11-7-4-8-12-24;2*1-2/h3-20H,1-2H3;2*1-2H3. The third kappa shape index (κ3) is 7.25. The Morgan fingerprint density at radius 2 is 0.667 bits per heavy atom. The highest BCUT2D eigenvalue weighted by Gasteiger charge is 2.23. The van der Waals surface area contributed by atoms with E-state index >= 15 is 0 Å². The number of ether oxygens (including phenoxy) is 2. The highest BCUT2D eigenvalue weighted by molar-refractivity contribution is 5.43. The van der Waals surface area contributed by atoms with Gasteiger partial charge in [0.05, 0.1) is 0 Å². The fraction of sp³-hybridized carbons (Fsp3) is 0.226. The Kier molecular flexibility index (Phi) is 10.2. The van der Waals surface area contributed by atoms with Gasteiger partial charge in [-0.15, -0.1) is 0 Å². The summed E-state index contributed by atoms with van der Waals surface area (Å²) in [6, 6.07) is 36.3. The van der Waals surface area contributed by atoms with Gasteiger partial charge in [0.15, 0.2) is 0 Å². The predicted molar refractivity (Wildman–Crippen MR) is 141 cm³/mol. The molecule has 0 heterocycles. The lowest BCUT2D eigenvalue weighted by Gasteiger charge is -2.26. The average molecular weight is 441 g/mol. The van der Waals surface area contributed by atoms with Crippen LogP contribution in [-0.4, -0.2) is 0 Å². The molecule has 0 amide bonds. The predicted octanol–water partition coefficient (Wildman–Crippen LogP) is 9.65. The molecule has 2 nitrogen and oxygen atoms in total. The SMILES string of the molecule is CC.CC.CC(C)(c1ccc(Oc2ccccc2)cc1)c1ccc(Oc2ccccc2)cc1. The molecule has 0 radical (unpaired) electrons. The van der Waals surface area contributed by atoms with Crippen molar-refractivity contribution >= 4 is 0 Å². The number of rotatable bonds is 6. The molecule has 0 spiro atoms. The second-order valence-corrected chi connectivity index (χ2v) is 7.50. The summed E-state index contributed by atoms with van der Waals surface area (Å²) in [5.74, 6) is 3.35. The van der Waals surface area contributed by atoms with Crippen molar-refractivity contribution < 1.29 is 9.47 Å². The molecule has 0 N–H and O–H groups in total. The first-order valence-corrected chi connectivity index (χ1v) is 11.8. The van der Waals surface area contributed by atoms with Gasteiger partial charge in [0.1, 0.15) is 23.0 Å². The first-order valence-electron chi connectivity index (χ1n) is 11.8. The summed E-state index contributed by atoms with van der Waals surface area (Å²) in [7, 11) is 0. The fourth-order valence-corrected chi connectivity index (χ4v) is 3.30. The number of para-hydroxylation sites is 2. The molecule has 4 rings (SSSR count). The van der Waals surface area contributed by atoms with Crippen molar-refractivity contribution in [2.75, 3.05) is 0 Å². The second-order valence-electron chi connectivity index (χ2n) is 7.50. The summed E-state index contributed by atoms with van der Waals surface area (Å²) >= 11 is 0. The summed E-state index contributed by atoms with van der Waals surface area (Å²) in [4.78, 5) is 0. The maximum absolute atomic E-state index is 5.91. The van der Waals surface area contributed by atoms with Gasteiger partial charge in [-0.3, -0.25) is 0 Å². The molecule has 0 bridgehead atoms.